The van der Waals surface area contributed by atoms with Gasteiger partial charge in [0.15, 0.2) is 0 Å². The normalized spacial score (nSPS) is 20.3. The number of nitrogens with zero attached hydrogens (tertiary/aromatic N) is 2. The van der Waals surface area contributed by atoms with Crippen LogP contribution in [-0.4, -0.2) is 41.4 Å². The van der Waals surface area contributed by atoms with Crippen LogP contribution in [0.3, 0.4) is 0 Å². The highest BCUT2D eigenvalue weighted by Gasteiger charge is 2.40. The van der Waals surface area contributed by atoms with Gasteiger partial charge in [-0.15, -0.1) is 0 Å². The van der Waals surface area contributed by atoms with E-state index >= 15 is 0 Å². The first-order valence-corrected chi connectivity index (χ1v) is 10.0. The Morgan fingerprint density at radius 2 is 1.87 bits per heavy atom. The van der Waals surface area contributed by atoms with Gasteiger partial charge in [-0.3, -0.25) is 9.59 Å². The number of hydrogen-bond acceptors (Lipinski definition) is 5. The van der Waals surface area contributed by atoms with Crippen molar-refractivity contribution in [2.75, 3.05) is 13.7 Å². The van der Waals surface area contributed by atoms with Gasteiger partial charge < -0.3 is 20.0 Å². The Morgan fingerprint density at radius 3 is 2.57 bits per heavy atom. The molecule has 2 aromatic carbocycles. The van der Waals surface area contributed by atoms with E-state index in [4.69, 9.17) is 4.74 Å². The average Bonchev–Trinajstić information content (AvgIpc) is 3.21. The lowest BCUT2D eigenvalue weighted by Crippen LogP contribution is -2.50. The fraction of sp³-hybridized carbons (Fsp3) is 0.304. The molecule has 2 atom stereocenters. The number of hydrogen-bond donors (Lipinski definition) is 2. The van der Waals surface area contributed by atoms with Crippen molar-refractivity contribution in [2.45, 2.75) is 32.0 Å². The lowest BCUT2D eigenvalue weighted by atomic mass is 10.0. The van der Waals surface area contributed by atoms with Crippen molar-refractivity contribution >= 4 is 11.8 Å². The maximum Gasteiger partial charge on any atom is 0.251 e. The van der Waals surface area contributed by atoms with Gasteiger partial charge in [0, 0.05) is 18.9 Å². The highest BCUT2D eigenvalue weighted by Crippen LogP contribution is 2.31. The largest absolute Gasteiger partial charge is 0.497 e. The molecular formula is C23H26N4O3. The monoisotopic (exact) mass is 406 g/mol. The van der Waals surface area contributed by atoms with Crippen molar-refractivity contribution in [3.8, 4) is 5.75 Å². The van der Waals surface area contributed by atoms with Crippen molar-refractivity contribution in [1.29, 1.82) is 0 Å². The molecule has 0 saturated carbocycles. The van der Waals surface area contributed by atoms with Crippen LogP contribution in [0, 0.1) is 6.92 Å². The van der Waals surface area contributed by atoms with E-state index in [1.807, 2.05) is 66.7 Å². The second-order valence-corrected chi connectivity index (χ2v) is 7.64. The smallest absolute Gasteiger partial charge is 0.251 e. The molecule has 0 spiro atoms. The minimum absolute atomic E-state index is 0.0126. The Labute approximate surface area is 176 Å². The van der Waals surface area contributed by atoms with Crippen LogP contribution >= 0.6 is 0 Å². The molecule has 4 rings (SSSR count). The molecule has 2 aliphatic rings. The molecule has 0 radical (unpaired) electrons. The summed E-state index contributed by atoms with van der Waals surface area (Å²) < 4.78 is 5.21. The number of fused-ring (bicyclic) bond motifs is 1. The molecule has 1 saturated heterocycles. The van der Waals surface area contributed by atoms with Gasteiger partial charge in [-0.25, -0.2) is 5.43 Å². The van der Waals surface area contributed by atoms with E-state index in [0.717, 1.165) is 16.9 Å². The van der Waals surface area contributed by atoms with Crippen molar-refractivity contribution in [1.82, 2.24) is 20.7 Å². The quantitative estimate of drug-likeness (QED) is 0.770. The summed E-state index contributed by atoms with van der Waals surface area (Å²) in [5, 5.41) is 4.71. The van der Waals surface area contributed by atoms with Crippen molar-refractivity contribution < 1.29 is 14.3 Å². The maximum absolute atomic E-state index is 12.9. The van der Waals surface area contributed by atoms with Crippen LogP contribution in [0.15, 0.2) is 60.9 Å². The predicted octanol–water partition coefficient (Wildman–Crippen LogP) is 2.25. The zero-order valence-corrected chi connectivity index (χ0v) is 17.2. The number of carbonyl (C=O) groups excluding carboxylic acids is 2. The Balaban J connectivity index is 1.33. The lowest BCUT2D eigenvalue weighted by molar-refractivity contribution is -0.138. The first-order chi connectivity index (χ1) is 14.5. The van der Waals surface area contributed by atoms with Crippen molar-refractivity contribution in [3.05, 3.63) is 77.6 Å². The third-order valence-corrected chi connectivity index (χ3v) is 5.52. The summed E-state index contributed by atoms with van der Waals surface area (Å²) in [5.41, 5.74) is 6.66. The Bertz CT molecular complexity index is 940. The number of amides is 2. The molecule has 1 fully saturated rings. The second-order valence-electron chi connectivity index (χ2n) is 7.64. The topological polar surface area (TPSA) is 73.9 Å². The fourth-order valence-electron chi connectivity index (χ4n) is 3.74. The van der Waals surface area contributed by atoms with Gasteiger partial charge in [-0.05, 0) is 36.6 Å². The van der Waals surface area contributed by atoms with Crippen LogP contribution in [0.25, 0.3) is 0 Å². The van der Waals surface area contributed by atoms with Gasteiger partial charge in [-0.2, -0.15) is 0 Å². The van der Waals surface area contributed by atoms with Crippen molar-refractivity contribution in [3.63, 3.8) is 0 Å². The predicted molar refractivity (Wildman–Crippen MR) is 113 cm³/mol. The molecule has 2 aliphatic heterocycles. The Morgan fingerprint density at radius 1 is 1.13 bits per heavy atom. The fourth-order valence-corrected chi connectivity index (χ4v) is 3.74. The summed E-state index contributed by atoms with van der Waals surface area (Å²) in [6.45, 7) is 2.48. The molecule has 2 N–H and O–H groups in total. The van der Waals surface area contributed by atoms with E-state index < -0.39 is 0 Å². The molecule has 0 aliphatic carbocycles. The molecule has 30 heavy (non-hydrogen) atoms. The van der Waals surface area contributed by atoms with Gasteiger partial charge in [0.1, 0.15) is 18.3 Å². The first kappa shape index (κ1) is 20.0. The van der Waals surface area contributed by atoms with Crippen LogP contribution in [0.4, 0.5) is 0 Å². The molecular weight excluding hydrogens is 380 g/mol. The molecule has 2 heterocycles. The molecule has 0 aromatic heterocycles. The summed E-state index contributed by atoms with van der Waals surface area (Å²) in [4.78, 5) is 26.8. The van der Waals surface area contributed by atoms with Crippen molar-refractivity contribution in [2.24, 2.45) is 0 Å². The summed E-state index contributed by atoms with van der Waals surface area (Å²) in [6.07, 6.45) is 4.12. The highest BCUT2D eigenvalue weighted by atomic mass is 16.5. The molecule has 2 aromatic rings. The van der Waals surface area contributed by atoms with Gasteiger partial charge >= 0.3 is 0 Å². The van der Waals surface area contributed by atoms with Crippen LogP contribution in [0.2, 0.25) is 0 Å². The summed E-state index contributed by atoms with van der Waals surface area (Å²) in [5.74, 6) is 0.541. The van der Waals surface area contributed by atoms with E-state index in [1.54, 1.807) is 13.3 Å². The van der Waals surface area contributed by atoms with Crippen LogP contribution in [-0.2, 0) is 16.1 Å². The van der Waals surface area contributed by atoms with E-state index in [9.17, 15) is 9.59 Å². The first-order valence-electron chi connectivity index (χ1n) is 10.0. The highest BCUT2D eigenvalue weighted by molar-refractivity contribution is 5.89. The maximum atomic E-state index is 12.9. The number of ether oxygens (including phenoxy) is 1. The summed E-state index contributed by atoms with van der Waals surface area (Å²) in [6, 6.07) is 15.5. The number of hydrazine groups is 1. The zero-order valence-electron chi connectivity index (χ0n) is 17.2. The van der Waals surface area contributed by atoms with E-state index in [-0.39, 0.29) is 30.4 Å². The van der Waals surface area contributed by atoms with Gasteiger partial charge in [-0.1, -0.05) is 42.0 Å². The molecule has 2 unspecified atom stereocenters. The molecule has 2 amide bonds. The lowest BCUT2D eigenvalue weighted by Gasteiger charge is -2.31. The SMILES string of the molecule is COc1ccc(C2CC3C(=O)N(CC(=O)NCc4ccc(C)cc4)C=CN3N2)cc1. The van der Waals surface area contributed by atoms with Crippen LogP contribution in [0.1, 0.15) is 29.2 Å². The molecule has 7 nitrogen and oxygen atoms in total. The average molecular weight is 406 g/mol. The standard InChI is InChI=1S/C23H26N4O3/c1-16-3-5-17(6-4-16)14-24-22(28)15-26-11-12-27-21(23(26)29)13-20(25-27)18-7-9-19(30-2)10-8-18/h3-12,20-21,25H,13-15H2,1-2H3,(H,24,28). The molecule has 7 heteroatoms. The van der Waals surface area contributed by atoms with Gasteiger partial charge in [0.25, 0.3) is 5.91 Å². The number of nitrogens with one attached hydrogen (secondary N) is 2. The molecule has 156 valence electrons. The van der Waals surface area contributed by atoms with E-state index in [0.29, 0.717) is 13.0 Å². The second kappa shape index (κ2) is 8.59. The third kappa shape index (κ3) is 4.31. The number of aryl methyl sites for hydroxylation is 1. The summed E-state index contributed by atoms with van der Waals surface area (Å²) in [7, 11) is 1.64. The van der Waals surface area contributed by atoms with Gasteiger partial charge in [0.2, 0.25) is 5.91 Å². The number of carbonyl (C=O) groups is 2. The Hall–Kier alpha value is -3.32. The van der Waals surface area contributed by atoms with Crippen LogP contribution in [0.5, 0.6) is 5.75 Å². The zero-order chi connectivity index (χ0) is 21.1. The van der Waals surface area contributed by atoms with Gasteiger partial charge in [0.05, 0.1) is 13.2 Å². The number of methoxy groups -OCH3 is 1. The minimum atomic E-state index is -0.327. The number of benzene rings is 2. The number of rotatable bonds is 6. The van der Waals surface area contributed by atoms with E-state index in [2.05, 4.69) is 10.7 Å². The van der Waals surface area contributed by atoms with E-state index in [1.165, 1.54) is 10.5 Å². The minimum Gasteiger partial charge on any atom is -0.497 e. The molecule has 0 bridgehead atoms. The summed E-state index contributed by atoms with van der Waals surface area (Å²) >= 11 is 0. The third-order valence-electron chi connectivity index (χ3n) is 5.52. The van der Waals surface area contributed by atoms with Crippen LogP contribution < -0.4 is 15.5 Å². The Kier molecular flexibility index (Phi) is 5.72.